The van der Waals surface area contributed by atoms with Gasteiger partial charge in [-0.1, -0.05) is 23.2 Å². The van der Waals surface area contributed by atoms with Crippen LogP contribution in [0.3, 0.4) is 0 Å². The molecule has 76 valence electrons. The highest BCUT2D eigenvalue weighted by atomic mass is 35.5. The summed E-state index contributed by atoms with van der Waals surface area (Å²) in [5.41, 5.74) is 0.708. The standard InChI is InChI=1S/C10H5Cl2NO2/c11-5-1-2-8(12)6(3-5)7-4-9(14)13-10(7)15/h1-4H,(H,13,14,15). The van der Waals surface area contributed by atoms with E-state index in [1.807, 2.05) is 0 Å². The van der Waals surface area contributed by atoms with Crippen LogP contribution in [0.2, 0.25) is 10.0 Å². The van der Waals surface area contributed by atoms with E-state index in [2.05, 4.69) is 5.32 Å². The molecule has 1 aromatic carbocycles. The fourth-order valence-electron chi connectivity index (χ4n) is 1.32. The number of carbonyl (C=O) groups excluding carboxylic acids is 2. The zero-order valence-electron chi connectivity index (χ0n) is 7.38. The van der Waals surface area contributed by atoms with Crippen LogP contribution in [0, 0.1) is 0 Å². The van der Waals surface area contributed by atoms with E-state index < -0.39 is 11.8 Å². The van der Waals surface area contributed by atoms with Crippen LogP contribution in [-0.4, -0.2) is 11.8 Å². The Morgan fingerprint density at radius 1 is 1.13 bits per heavy atom. The van der Waals surface area contributed by atoms with Gasteiger partial charge >= 0.3 is 0 Å². The highest BCUT2D eigenvalue weighted by molar-refractivity contribution is 6.40. The summed E-state index contributed by atoms with van der Waals surface area (Å²) in [6.07, 6.45) is 1.21. The second-order valence-electron chi connectivity index (χ2n) is 3.00. The molecule has 0 bridgehead atoms. The fraction of sp³-hybridized carbons (Fsp3) is 0. The topological polar surface area (TPSA) is 46.2 Å². The van der Waals surface area contributed by atoms with Crippen molar-refractivity contribution in [3.63, 3.8) is 0 Å². The highest BCUT2D eigenvalue weighted by Gasteiger charge is 2.23. The third-order valence-electron chi connectivity index (χ3n) is 1.98. The Kier molecular flexibility index (Phi) is 2.50. The predicted octanol–water partition coefficient (Wildman–Crippen LogP) is 2.03. The minimum absolute atomic E-state index is 0.243. The molecule has 0 atom stereocenters. The lowest BCUT2D eigenvalue weighted by Gasteiger charge is -2.03. The van der Waals surface area contributed by atoms with Crippen LogP contribution in [-0.2, 0) is 9.59 Å². The Labute approximate surface area is 95.7 Å². The summed E-state index contributed by atoms with van der Waals surface area (Å²) in [6.45, 7) is 0. The molecule has 2 rings (SSSR count). The normalized spacial score (nSPS) is 15.2. The van der Waals surface area contributed by atoms with Crippen molar-refractivity contribution in [3.05, 3.63) is 39.9 Å². The third kappa shape index (κ3) is 1.89. The number of carbonyl (C=O) groups is 2. The molecule has 1 N–H and O–H groups in total. The smallest absolute Gasteiger partial charge is 0.258 e. The van der Waals surface area contributed by atoms with E-state index in [0.717, 1.165) is 0 Å². The minimum Gasteiger partial charge on any atom is -0.289 e. The van der Waals surface area contributed by atoms with Crippen LogP contribution in [0.4, 0.5) is 0 Å². The molecule has 5 heteroatoms. The van der Waals surface area contributed by atoms with Crippen molar-refractivity contribution in [2.45, 2.75) is 0 Å². The molecule has 0 aromatic heterocycles. The van der Waals surface area contributed by atoms with E-state index in [4.69, 9.17) is 23.2 Å². The number of nitrogens with one attached hydrogen (secondary N) is 1. The zero-order valence-corrected chi connectivity index (χ0v) is 8.89. The molecule has 0 radical (unpaired) electrons. The van der Waals surface area contributed by atoms with Crippen LogP contribution >= 0.6 is 23.2 Å². The number of benzene rings is 1. The summed E-state index contributed by atoms with van der Waals surface area (Å²) < 4.78 is 0. The first-order valence-corrected chi connectivity index (χ1v) is 4.86. The van der Waals surface area contributed by atoms with E-state index in [-0.39, 0.29) is 5.57 Å². The molecule has 1 aliphatic rings. The summed E-state index contributed by atoms with van der Waals surface area (Å²) in [7, 11) is 0. The van der Waals surface area contributed by atoms with Crippen LogP contribution in [0.15, 0.2) is 24.3 Å². The Hall–Kier alpha value is -1.32. The average molecular weight is 242 g/mol. The number of hydrogen-bond donors (Lipinski definition) is 1. The number of amides is 2. The zero-order chi connectivity index (χ0) is 11.0. The number of imide groups is 1. The van der Waals surface area contributed by atoms with E-state index in [0.29, 0.717) is 15.6 Å². The molecule has 3 nitrogen and oxygen atoms in total. The van der Waals surface area contributed by atoms with Gasteiger partial charge in [-0.15, -0.1) is 0 Å². The molecule has 0 aliphatic carbocycles. The average Bonchev–Trinajstić information content (AvgIpc) is 2.50. The van der Waals surface area contributed by atoms with Gasteiger partial charge in [-0.25, -0.2) is 0 Å². The Morgan fingerprint density at radius 3 is 2.47 bits per heavy atom. The monoisotopic (exact) mass is 241 g/mol. The third-order valence-corrected chi connectivity index (χ3v) is 2.54. The van der Waals surface area contributed by atoms with Crippen molar-refractivity contribution in [2.75, 3.05) is 0 Å². The SMILES string of the molecule is O=C1C=C(c2cc(Cl)ccc2Cl)C(=O)N1. The highest BCUT2D eigenvalue weighted by Crippen LogP contribution is 2.28. The van der Waals surface area contributed by atoms with Gasteiger partial charge in [-0.3, -0.25) is 14.9 Å². The van der Waals surface area contributed by atoms with Crippen molar-refractivity contribution in [2.24, 2.45) is 0 Å². The maximum absolute atomic E-state index is 11.3. The molecule has 0 unspecified atom stereocenters. The number of halogens is 2. The van der Waals surface area contributed by atoms with Crippen LogP contribution in [0.1, 0.15) is 5.56 Å². The second-order valence-corrected chi connectivity index (χ2v) is 3.84. The van der Waals surface area contributed by atoms with Gasteiger partial charge < -0.3 is 0 Å². The van der Waals surface area contributed by atoms with Crippen molar-refractivity contribution < 1.29 is 9.59 Å². The van der Waals surface area contributed by atoms with E-state index >= 15 is 0 Å². The van der Waals surface area contributed by atoms with E-state index in [1.54, 1.807) is 18.2 Å². The van der Waals surface area contributed by atoms with Gasteiger partial charge in [0.25, 0.3) is 11.8 Å². The lowest BCUT2D eigenvalue weighted by Crippen LogP contribution is -2.21. The molecule has 0 spiro atoms. The first kappa shape index (κ1) is 10.2. The number of hydrogen-bond acceptors (Lipinski definition) is 2. The van der Waals surface area contributed by atoms with Gasteiger partial charge in [0.15, 0.2) is 0 Å². The van der Waals surface area contributed by atoms with Crippen LogP contribution in [0.5, 0.6) is 0 Å². The Bertz CT molecular complexity index is 494. The lowest BCUT2D eigenvalue weighted by atomic mass is 10.1. The number of rotatable bonds is 1. The van der Waals surface area contributed by atoms with Gasteiger partial charge in [-0.2, -0.15) is 0 Å². The first-order valence-electron chi connectivity index (χ1n) is 4.10. The van der Waals surface area contributed by atoms with Crippen LogP contribution < -0.4 is 5.32 Å². The molecule has 0 saturated carbocycles. The summed E-state index contributed by atoms with van der Waals surface area (Å²) in [4.78, 5) is 22.3. The molecule has 2 amide bonds. The summed E-state index contributed by atoms with van der Waals surface area (Å²) in [6, 6.07) is 4.74. The predicted molar refractivity (Wildman–Crippen MR) is 57.6 cm³/mol. The van der Waals surface area contributed by atoms with Gasteiger partial charge in [-0.05, 0) is 18.2 Å². The Morgan fingerprint density at radius 2 is 1.87 bits per heavy atom. The van der Waals surface area contributed by atoms with Crippen LogP contribution in [0.25, 0.3) is 5.57 Å². The molecule has 0 saturated heterocycles. The lowest BCUT2D eigenvalue weighted by molar-refractivity contribution is -0.123. The fourth-order valence-corrected chi connectivity index (χ4v) is 1.71. The van der Waals surface area contributed by atoms with Gasteiger partial charge in [0.1, 0.15) is 0 Å². The van der Waals surface area contributed by atoms with Crippen molar-refractivity contribution in [1.29, 1.82) is 0 Å². The van der Waals surface area contributed by atoms with Crippen molar-refractivity contribution in [3.8, 4) is 0 Å². The minimum atomic E-state index is -0.454. The maximum atomic E-state index is 11.3. The van der Waals surface area contributed by atoms with E-state index in [1.165, 1.54) is 6.08 Å². The largest absolute Gasteiger partial charge is 0.289 e. The molecule has 1 heterocycles. The summed E-state index contributed by atoms with van der Waals surface area (Å²) in [5.74, 6) is -0.893. The molecule has 1 aromatic rings. The quantitative estimate of drug-likeness (QED) is 0.766. The summed E-state index contributed by atoms with van der Waals surface area (Å²) >= 11 is 11.7. The van der Waals surface area contributed by atoms with E-state index in [9.17, 15) is 9.59 Å². The molecular weight excluding hydrogens is 237 g/mol. The van der Waals surface area contributed by atoms with Crippen molar-refractivity contribution >= 4 is 40.6 Å². The molecular formula is C10H5Cl2NO2. The van der Waals surface area contributed by atoms with Gasteiger partial charge in [0.05, 0.1) is 5.57 Å². The van der Waals surface area contributed by atoms with Gasteiger partial charge in [0.2, 0.25) is 0 Å². The second kappa shape index (κ2) is 3.68. The first-order chi connectivity index (χ1) is 7.08. The molecule has 1 aliphatic heterocycles. The van der Waals surface area contributed by atoms with Gasteiger partial charge in [0, 0.05) is 21.7 Å². The van der Waals surface area contributed by atoms with Crippen molar-refractivity contribution in [1.82, 2.24) is 5.32 Å². The maximum Gasteiger partial charge on any atom is 0.258 e. The summed E-state index contributed by atoms with van der Waals surface area (Å²) in [5, 5.41) is 2.99. The molecule has 0 fully saturated rings. The molecule has 15 heavy (non-hydrogen) atoms. The Balaban J connectivity index is 2.54.